The number of aromatic nitrogens is 1. The van der Waals surface area contributed by atoms with Crippen molar-refractivity contribution in [2.75, 3.05) is 19.6 Å². The van der Waals surface area contributed by atoms with E-state index in [0.717, 1.165) is 26.2 Å². The Morgan fingerprint density at radius 1 is 1.53 bits per heavy atom. The van der Waals surface area contributed by atoms with E-state index in [1.807, 2.05) is 18.3 Å². The lowest BCUT2D eigenvalue weighted by molar-refractivity contribution is 0.146. The molecular weight excluding hydrogens is 190 g/mol. The van der Waals surface area contributed by atoms with E-state index in [0.29, 0.717) is 5.92 Å². The SMILES string of the molecule is OC1CNCC1CNCc1cccnc1. The second-order valence-corrected chi connectivity index (χ2v) is 3.98. The van der Waals surface area contributed by atoms with E-state index in [-0.39, 0.29) is 6.10 Å². The fourth-order valence-corrected chi connectivity index (χ4v) is 1.83. The molecule has 1 aliphatic rings. The average Bonchev–Trinajstić information content (AvgIpc) is 2.66. The van der Waals surface area contributed by atoms with Gasteiger partial charge in [-0.2, -0.15) is 0 Å². The summed E-state index contributed by atoms with van der Waals surface area (Å²) in [6.45, 7) is 3.29. The van der Waals surface area contributed by atoms with Gasteiger partial charge in [0.25, 0.3) is 0 Å². The van der Waals surface area contributed by atoms with Gasteiger partial charge in [0.1, 0.15) is 0 Å². The van der Waals surface area contributed by atoms with Crippen molar-refractivity contribution in [3.8, 4) is 0 Å². The third-order valence-electron chi connectivity index (χ3n) is 2.76. The Bertz CT molecular complexity index is 291. The Labute approximate surface area is 89.7 Å². The van der Waals surface area contributed by atoms with Gasteiger partial charge in [-0.25, -0.2) is 0 Å². The molecule has 2 unspecified atom stereocenters. The Balaban J connectivity index is 1.71. The predicted octanol–water partition coefficient (Wildman–Crippen LogP) is -0.248. The molecule has 82 valence electrons. The maximum Gasteiger partial charge on any atom is 0.0716 e. The Morgan fingerprint density at radius 3 is 3.13 bits per heavy atom. The molecule has 1 aromatic heterocycles. The number of nitrogens with one attached hydrogen (secondary N) is 2. The van der Waals surface area contributed by atoms with Gasteiger partial charge in [-0.05, 0) is 11.6 Å². The fourth-order valence-electron chi connectivity index (χ4n) is 1.83. The molecule has 2 rings (SSSR count). The molecule has 2 heterocycles. The first-order chi connectivity index (χ1) is 7.36. The molecule has 0 aromatic carbocycles. The lowest BCUT2D eigenvalue weighted by atomic mass is 10.1. The number of aliphatic hydroxyl groups excluding tert-OH is 1. The molecule has 2 atom stereocenters. The van der Waals surface area contributed by atoms with E-state index in [9.17, 15) is 5.11 Å². The smallest absolute Gasteiger partial charge is 0.0716 e. The number of pyridine rings is 1. The van der Waals surface area contributed by atoms with Crippen LogP contribution >= 0.6 is 0 Å². The lowest BCUT2D eigenvalue weighted by Crippen LogP contribution is -2.30. The van der Waals surface area contributed by atoms with Crippen molar-refractivity contribution in [2.24, 2.45) is 5.92 Å². The number of hydrogen-bond donors (Lipinski definition) is 3. The molecule has 0 amide bonds. The van der Waals surface area contributed by atoms with E-state index < -0.39 is 0 Å². The standard InChI is InChI=1S/C11H17N3O/c15-11-8-14-7-10(11)6-13-5-9-2-1-3-12-4-9/h1-4,10-11,13-15H,5-8H2. The second-order valence-electron chi connectivity index (χ2n) is 3.98. The molecule has 4 nitrogen and oxygen atoms in total. The van der Waals surface area contributed by atoms with Crippen LogP contribution in [-0.4, -0.2) is 35.8 Å². The van der Waals surface area contributed by atoms with Gasteiger partial charge < -0.3 is 15.7 Å². The van der Waals surface area contributed by atoms with Crippen molar-refractivity contribution >= 4 is 0 Å². The summed E-state index contributed by atoms with van der Waals surface area (Å²) in [4.78, 5) is 4.05. The minimum Gasteiger partial charge on any atom is -0.391 e. The molecule has 0 aliphatic carbocycles. The maximum atomic E-state index is 9.57. The zero-order valence-corrected chi connectivity index (χ0v) is 8.69. The van der Waals surface area contributed by atoms with Gasteiger partial charge in [0.05, 0.1) is 6.10 Å². The predicted molar refractivity (Wildman–Crippen MR) is 58.3 cm³/mol. The van der Waals surface area contributed by atoms with E-state index in [2.05, 4.69) is 15.6 Å². The summed E-state index contributed by atoms with van der Waals surface area (Å²) < 4.78 is 0. The first kappa shape index (κ1) is 10.5. The highest BCUT2D eigenvalue weighted by Gasteiger charge is 2.23. The van der Waals surface area contributed by atoms with Crippen molar-refractivity contribution in [2.45, 2.75) is 12.6 Å². The van der Waals surface area contributed by atoms with Crippen LogP contribution in [0.3, 0.4) is 0 Å². The minimum absolute atomic E-state index is 0.202. The van der Waals surface area contributed by atoms with Gasteiger partial charge in [-0.3, -0.25) is 4.98 Å². The van der Waals surface area contributed by atoms with Gasteiger partial charge in [0.2, 0.25) is 0 Å². The molecule has 0 bridgehead atoms. The molecular formula is C11H17N3O. The summed E-state index contributed by atoms with van der Waals surface area (Å²) in [5.41, 5.74) is 1.18. The maximum absolute atomic E-state index is 9.57. The number of β-amino-alcohol motifs (C(OH)–C–C–N with tert-alkyl or cyclic N) is 1. The molecule has 3 N–H and O–H groups in total. The van der Waals surface area contributed by atoms with E-state index in [1.165, 1.54) is 5.56 Å². The molecule has 1 fully saturated rings. The van der Waals surface area contributed by atoms with Crippen LogP contribution in [-0.2, 0) is 6.54 Å². The van der Waals surface area contributed by atoms with Gasteiger partial charge in [0.15, 0.2) is 0 Å². The first-order valence-electron chi connectivity index (χ1n) is 5.34. The molecule has 15 heavy (non-hydrogen) atoms. The van der Waals surface area contributed by atoms with Gasteiger partial charge in [0, 0.05) is 44.5 Å². The number of rotatable bonds is 4. The van der Waals surface area contributed by atoms with Crippen LogP contribution in [0.4, 0.5) is 0 Å². The normalized spacial score (nSPS) is 25.7. The minimum atomic E-state index is -0.202. The zero-order chi connectivity index (χ0) is 10.5. The van der Waals surface area contributed by atoms with Crippen molar-refractivity contribution < 1.29 is 5.11 Å². The van der Waals surface area contributed by atoms with Crippen LogP contribution in [0, 0.1) is 5.92 Å². The molecule has 4 heteroatoms. The summed E-state index contributed by atoms with van der Waals surface area (Å²) in [5.74, 6) is 0.335. The highest BCUT2D eigenvalue weighted by Crippen LogP contribution is 2.07. The van der Waals surface area contributed by atoms with Crippen LogP contribution in [0.15, 0.2) is 24.5 Å². The number of hydrogen-bond acceptors (Lipinski definition) is 4. The highest BCUT2D eigenvalue weighted by atomic mass is 16.3. The fraction of sp³-hybridized carbons (Fsp3) is 0.545. The quantitative estimate of drug-likeness (QED) is 0.637. The molecule has 1 aliphatic heterocycles. The topological polar surface area (TPSA) is 57.2 Å². The van der Waals surface area contributed by atoms with Crippen molar-refractivity contribution in [3.63, 3.8) is 0 Å². The summed E-state index contributed by atoms with van der Waals surface area (Å²) >= 11 is 0. The number of aliphatic hydroxyl groups is 1. The zero-order valence-electron chi connectivity index (χ0n) is 8.69. The third-order valence-corrected chi connectivity index (χ3v) is 2.76. The molecule has 0 saturated carbocycles. The Morgan fingerprint density at radius 2 is 2.47 bits per heavy atom. The van der Waals surface area contributed by atoms with Gasteiger partial charge >= 0.3 is 0 Å². The first-order valence-corrected chi connectivity index (χ1v) is 5.34. The Kier molecular flexibility index (Phi) is 3.66. The van der Waals surface area contributed by atoms with Crippen LogP contribution in [0.1, 0.15) is 5.56 Å². The lowest BCUT2D eigenvalue weighted by Gasteiger charge is -2.13. The van der Waals surface area contributed by atoms with E-state index in [1.54, 1.807) is 6.20 Å². The molecule has 1 saturated heterocycles. The molecule has 0 radical (unpaired) electrons. The van der Waals surface area contributed by atoms with Gasteiger partial charge in [-0.1, -0.05) is 6.07 Å². The highest BCUT2D eigenvalue weighted by molar-refractivity contribution is 5.07. The summed E-state index contributed by atoms with van der Waals surface area (Å²) in [7, 11) is 0. The summed E-state index contributed by atoms with van der Waals surface area (Å²) in [6, 6.07) is 3.98. The van der Waals surface area contributed by atoms with Crippen molar-refractivity contribution in [1.82, 2.24) is 15.6 Å². The van der Waals surface area contributed by atoms with Crippen LogP contribution in [0.25, 0.3) is 0 Å². The van der Waals surface area contributed by atoms with Crippen molar-refractivity contribution in [3.05, 3.63) is 30.1 Å². The van der Waals surface area contributed by atoms with E-state index in [4.69, 9.17) is 0 Å². The molecule has 1 aromatic rings. The van der Waals surface area contributed by atoms with Crippen LogP contribution < -0.4 is 10.6 Å². The average molecular weight is 207 g/mol. The second kappa shape index (κ2) is 5.21. The van der Waals surface area contributed by atoms with Gasteiger partial charge in [-0.15, -0.1) is 0 Å². The van der Waals surface area contributed by atoms with Crippen LogP contribution in [0.2, 0.25) is 0 Å². The van der Waals surface area contributed by atoms with E-state index >= 15 is 0 Å². The number of nitrogens with zero attached hydrogens (tertiary/aromatic N) is 1. The monoisotopic (exact) mass is 207 g/mol. The Hall–Kier alpha value is -0.970. The summed E-state index contributed by atoms with van der Waals surface area (Å²) in [5, 5.41) is 16.1. The third kappa shape index (κ3) is 2.99. The largest absolute Gasteiger partial charge is 0.391 e. The summed E-state index contributed by atoms with van der Waals surface area (Å²) in [6.07, 6.45) is 3.43. The molecule has 0 spiro atoms. The van der Waals surface area contributed by atoms with Crippen LogP contribution in [0.5, 0.6) is 0 Å². The van der Waals surface area contributed by atoms with Crippen molar-refractivity contribution in [1.29, 1.82) is 0 Å².